The maximum Gasteiger partial charge on any atom is 0.407 e. The van der Waals surface area contributed by atoms with E-state index in [0.29, 0.717) is 10.0 Å². The molecule has 0 aliphatic carbocycles. The predicted octanol–water partition coefficient (Wildman–Crippen LogP) is 2.37. The molecule has 0 saturated carbocycles. The molecule has 0 spiro atoms. The molecule has 0 aromatic heterocycles. The van der Waals surface area contributed by atoms with Gasteiger partial charge in [-0.25, -0.2) is 9.18 Å². The van der Waals surface area contributed by atoms with E-state index in [4.69, 9.17) is 4.74 Å². The Hall–Kier alpha value is -1.10. The number of nitrogens with one attached hydrogen (secondary N) is 1. The molecule has 1 fully saturated rings. The van der Waals surface area contributed by atoms with E-state index in [1.54, 1.807) is 12.1 Å². The number of carbonyl (C=O) groups is 1. The molecule has 0 bridgehead atoms. The van der Waals surface area contributed by atoms with Crippen molar-refractivity contribution in [1.82, 2.24) is 5.32 Å². The van der Waals surface area contributed by atoms with Crippen LogP contribution in [0.2, 0.25) is 0 Å². The summed E-state index contributed by atoms with van der Waals surface area (Å²) in [6, 6.07) is 4.27. The minimum Gasteiger partial charge on any atom is -0.447 e. The molecule has 2 rings (SSSR count). The lowest BCUT2D eigenvalue weighted by molar-refractivity contribution is 0.176. The van der Waals surface area contributed by atoms with Crippen molar-refractivity contribution in [2.75, 3.05) is 6.61 Å². The number of rotatable bonds is 1. The van der Waals surface area contributed by atoms with Crippen LogP contribution in [0, 0.1) is 5.82 Å². The summed E-state index contributed by atoms with van der Waals surface area (Å²) >= 11 is 3.23. The quantitative estimate of drug-likeness (QED) is 0.841. The van der Waals surface area contributed by atoms with Crippen molar-refractivity contribution in [1.29, 1.82) is 0 Å². The highest BCUT2D eigenvalue weighted by molar-refractivity contribution is 9.10. The second-order valence-corrected chi connectivity index (χ2v) is 3.79. The fourth-order valence-electron chi connectivity index (χ4n) is 1.38. The molecule has 1 amide bonds. The van der Waals surface area contributed by atoms with Gasteiger partial charge >= 0.3 is 6.09 Å². The second kappa shape index (κ2) is 3.57. The summed E-state index contributed by atoms with van der Waals surface area (Å²) in [6.07, 6.45) is -0.509. The largest absolute Gasteiger partial charge is 0.447 e. The Kier molecular flexibility index (Phi) is 2.41. The predicted molar refractivity (Wildman–Crippen MR) is 51.3 cm³/mol. The molecule has 1 N–H and O–H groups in total. The minimum absolute atomic E-state index is 0.165. The van der Waals surface area contributed by atoms with Crippen LogP contribution in [0.1, 0.15) is 11.6 Å². The smallest absolute Gasteiger partial charge is 0.407 e. The highest BCUT2D eigenvalue weighted by Gasteiger charge is 2.27. The molecule has 1 heterocycles. The van der Waals surface area contributed by atoms with Gasteiger partial charge < -0.3 is 10.1 Å². The van der Waals surface area contributed by atoms with Crippen LogP contribution in [0.15, 0.2) is 22.7 Å². The Morgan fingerprint density at radius 1 is 1.57 bits per heavy atom. The van der Waals surface area contributed by atoms with E-state index < -0.39 is 12.1 Å². The summed E-state index contributed by atoms with van der Waals surface area (Å²) in [5.74, 6) is -0.352. The first-order chi connectivity index (χ1) is 6.68. The highest BCUT2D eigenvalue weighted by atomic mass is 79.9. The van der Waals surface area contributed by atoms with Crippen molar-refractivity contribution >= 4 is 22.0 Å². The number of carbonyl (C=O) groups excluding carboxylic acids is 1. The Bertz CT molecular complexity index is 363. The van der Waals surface area contributed by atoms with Gasteiger partial charge in [0.05, 0.1) is 6.04 Å². The fourth-order valence-corrected chi connectivity index (χ4v) is 2.00. The third-order valence-corrected chi connectivity index (χ3v) is 2.71. The molecular formula is C9H7BrFNO2. The first kappa shape index (κ1) is 9.45. The summed E-state index contributed by atoms with van der Waals surface area (Å²) in [4.78, 5) is 10.8. The van der Waals surface area contributed by atoms with Gasteiger partial charge in [-0.05, 0) is 12.1 Å². The molecule has 0 radical (unpaired) electrons. The van der Waals surface area contributed by atoms with Gasteiger partial charge in [-0.1, -0.05) is 22.0 Å². The van der Waals surface area contributed by atoms with Gasteiger partial charge in [0.1, 0.15) is 12.4 Å². The van der Waals surface area contributed by atoms with Crippen molar-refractivity contribution in [2.45, 2.75) is 6.04 Å². The van der Waals surface area contributed by atoms with Crippen LogP contribution >= 0.6 is 15.9 Å². The molecule has 5 heteroatoms. The number of hydrogen-bond donors (Lipinski definition) is 1. The summed E-state index contributed by atoms with van der Waals surface area (Å²) in [7, 11) is 0. The first-order valence-electron chi connectivity index (χ1n) is 4.05. The number of cyclic esters (lactones) is 1. The van der Waals surface area contributed by atoms with Gasteiger partial charge in [0.15, 0.2) is 0 Å². The van der Waals surface area contributed by atoms with Crippen LogP contribution in [0.4, 0.5) is 9.18 Å². The third-order valence-electron chi connectivity index (χ3n) is 2.02. The lowest BCUT2D eigenvalue weighted by Crippen LogP contribution is -2.19. The monoisotopic (exact) mass is 259 g/mol. The van der Waals surface area contributed by atoms with E-state index in [0.717, 1.165) is 0 Å². The maximum atomic E-state index is 13.4. The van der Waals surface area contributed by atoms with Crippen LogP contribution in [-0.4, -0.2) is 12.7 Å². The van der Waals surface area contributed by atoms with Gasteiger partial charge in [0, 0.05) is 10.0 Å². The average molecular weight is 260 g/mol. The Labute approximate surface area is 88.4 Å². The topological polar surface area (TPSA) is 38.3 Å². The van der Waals surface area contributed by atoms with E-state index in [9.17, 15) is 9.18 Å². The number of hydrogen-bond acceptors (Lipinski definition) is 2. The summed E-state index contributed by atoms with van der Waals surface area (Å²) in [5, 5.41) is 2.52. The molecule has 3 nitrogen and oxygen atoms in total. The molecule has 1 saturated heterocycles. The van der Waals surface area contributed by atoms with E-state index in [-0.39, 0.29) is 12.4 Å². The fraction of sp³-hybridized carbons (Fsp3) is 0.222. The minimum atomic E-state index is -0.509. The summed E-state index contributed by atoms with van der Waals surface area (Å²) < 4.78 is 18.7. The van der Waals surface area contributed by atoms with Gasteiger partial charge in [-0.3, -0.25) is 0 Å². The molecule has 1 aromatic rings. The first-order valence-corrected chi connectivity index (χ1v) is 4.85. The number of benzene rings is 1. The molecule has 0 unspecified atom stereocenters. The van der Waals surface area contributed by atoms with Gasteiger partial charge in [-0.2, -0.15) is 0 Å². The van der Waals surface area contributed by atoms with E-state index in [1.165, 1.54) is 6.07 Å². The lowest BCUT2D eigenvalue weighted by Gasteiger charge is -2.10. The van der Waals surface area contributed by atoms with Crippen molar-refractivity contribution in [3.8, 4) is 0 Å². The highest BCUT2D eigenvalue weighted by Crippen LogP contribution is 2.28. The zero-order chi connectivity index (χ0) is 10.1. The van der Waals surface area contributed by atoms with Crippen molar-refractivity contribution < 1.29 is 13.9 Å². The average Bonchev–Trinajstić information content (AvgIpc) is 2.51. The Balaban J connectivity index is 2.36. The van der Waals surface area contributed by atoms with Gasteiger partial charge in [0.25, 0.3) is 0 Å². The van der Waals surface area contributed by atoms with Crippen LogP contribution in [0.3, 0.4) is 0 Å². The number of alkyl carbamates (subject to hydrolysis) is 1. The lowest BCUT2D eigenvalue weighted by atomic mass is 10.1. The molecule has 1 aliphatic heterocycles. The molecule has 1 aliphatic rings. The van der Waals surface area contributed by atoms with Crippen molar-refractivity contribution in [2.24, 2.45) is 0 Å². The number of amides is 1. The zero-order valence-corrected chi connectivity index (χ0v) is 8.67. The Morgan fingerprint density at radius 2 is 2.36 bits per heavy atom. The number of halogens is 2. The van der Waals surface area contributed by atoms with Gasteiger partial charge in [0.2, 0.25) is 0 Å². The second-order valence-electron chi connectivity index (χ2n) is 2.93. The van der Waals surface area contributed by atoms with Crippen LogP contribution < -0.4 is 5.32 Å². The zero-order valence-electron chi connectivity index (χ0n) is 7.09. The molecule has 14 heavy (non-hydrogen) atoms. The van der Waals surface area contributed by atoms with Gasteiger partial charge in [-0.15, -0.1) is 0 Å². The van der Waals surface area contributed by atoms with Crippen LogP contribution in [0.25, 0.3) is 0 Å². The standard InChI is InChI=1S/C9H7BrFNO2/c10-5-2-1-3-6(11)8(5)7-4-14-9(13)12-7/h1-3,7H,4H2,(H,12,13)/t7-/m0/s1. The van der Waals surface area contributed by atoms with Crippen LogP contribution in [-0.2, 0) is 4.74 Å². The molecule has 1 aromatic carbocycles. The van der Waals surface area contributed by atoms with Crippen LogP contribution in [0.5, 0.6) is 0 Å². The molecular weight excluding hydrogens is 253 g/mol. The summed E-state index contributed by atoms with van der Waals surface area (Å²) in [6.45, 7) is 0.165. The molecule has 1 atom stereocenters. The third kappa shape index (κ3) is 1.59. The molecule has 74 valence electrons. The normalized spacial score (nSPS) is 20.4. The van der Waals surface area contributed by atoms with E-state index in [1.807, 2.05) is 0 Å². The number of ether oxygens (including phenoxy) is 1. The van der Waals surface area contributed by atoms with Crippen molar-refractivity contribution in [3.05, 3.63) is 34.1 Å². The van der Waals surface area contributed by atoms with E-state index >= 15 is 0 Å². The van der Waals surface area contributed by atoms with Crippen molar-refractivity contribution in [3.63, 3.8) is 0 Å². The summed E-state index contributed by atoms with van der Waals surface area (Å²) in [5.41, 5.74) is 0.429. The van der Waals surface area contributed by atoms with E-state index in [2.05, 4.69) is 21.2 Å². The maximum absolute atomic E-state index is 13.4. The SMILES string of the molecule is O=C1N[C@H](c2c(F)cccc2Br)CO1. The Morgan fingerprint density at radius 3 is 2.93 bits per heavy atom.